The monoisotopic (exact) mass is 227 g/mol. The van der Waals surface area contributed by atoms with Crippen molar-refractivity contribution in [3.8, 4) is 0 Å². The van der Waals surface area contributed by atoms with E-state index in [4.69, 9.17) is 0 Å². The molecule has 1 saturated heterocycles. The standard InChI is InChI=1S/C10H14FN3S/c11-5-7-3-4-14(6-7)10-12-9(13-15-10)8-1-2-8/h7-8H,1-6H2. The number of anilines is 1. The van der Waals surface area contributed by atoms with E-state index in [1.807, 2.05) is 0 Å². The van der Waals surface area contributed by atoms with E-state index >= 15 is 0 Å². The van der Waals surface area contributed by atoms with Crippen LogP contribution in [-0.4, -0.2) is 29.1 Å². The molecule has 1 aromatic heterocycles. The van der Waals surface area contributed by atoms with Crippen molar-refractivity contribution < 1.29 is 4.39 Å². The van der Waals surface area contributed by atoms with Crippen LogP contribution in [0.25, 0.3) is 0 Å². The van der Waals surface area contributed by atoms with Crippen LogP contribution in [-0.2, 0) is 0 Å². The largest absolute Gasteiger partial charge is 0.346 e. The Kier molecular flexibility index (Phi) is 2.35. The molecule has 0 radical (unpaired) electrons. The van der Waals surface area contributed by atoms with Crippen molar-refractivity contribution in [2.75, 3.05) is 24.7 Å². The van der Waals surface area contributed by atoms with Crippen LogP contribution < -0.4 is 4.90 Å². The number of halogens is 1. The molecular weight excluding hydrogens is 213 g/mol. The first-order valence-electron chi connectivity index (χ1n) is 5.51. The molecule has 1 atom stereocenters. The van der Waals surface area contributed by atoms with Crippen LogP contribution in [0, 0.1) is 5.92 Å². The van der Waals surface area contributed by atoms with Crippen molar-refractivity contribution in [3.05, 3.63) is 5.82 Å². The van der Waals surface area contributed by atoms with Gasteiger partial charge in [-0.1, -0.05) is 0 Å². The number of rotatable bonds is 3. The molecule has 0 aromatic carbocycles. The molecule has 0 amide bonds. The quantitative estimate of drug-likeness (QED) is 0.792. The molecule has 1 aromatic rings. The van der Waals surface area contributed by atoms with E-state index in [0.717, 1.165) is 30.5 Å². The fraction of sp³-hybridized carbons (Fsp3) is 0.800. The molecular formula is C10H14FN3S. The van der Waals surface area contributed by atoms with Crippen LogP contribution >= 0.6 is 11.5 Å². The van der Waals surface area contributed by atoms with Crippen molar-refractivity contribution in [1.29, 1.82) is 0 Å². The Morgan fingerprint density at radius 2 is 2.27 bits per heavy atom. The smallest absolute Gasteiger partial charge is 0.205 e. The van der Waals surface area contributed by atoms with Gasteiger partial charge in [0.05, 0.1) is 6.67 Å². The van der Waals surface area contributed by atoms with E-state index in [9.17, 15) is 4.39 Å². The minimum Gasteiger partial charge on any atom is -0.346 e. The Balaban J connectivity index is 1.70. The molecule has 1 unspecified atom stereocenters. The number of hydrogen-bond donors (Lipinski definition) is 0. The number of hydrogen-bond acceptors (Lipinski definition) is 4. The fourth-order valence-electron chi connectivity index (χ4n) is 1.99. The highest BCUT2D eigenvalue weighted by atomic mass is 32.1. The molecule has 3 nitrogen and oxygen atoms in total. The van der Waals surface area contributed by atoms with E-state index in [-0.39, 0.29) is 12.6 Å². The van der Waals surface area contributed by atoms with E-state index < -0.39 is 0 Å². The molecule has 0 N–H and O–H groups in total. The summed E-state index contributed by atoms with van der Waals surface area (Å²) in [6.07, 6.45) is 3.43. The van der Waals surface area contributed by atoms with Gasteiger partial charge in [0, 0.05) is 36.5 Å². The topological polar surface area (TPSA) is 29.0 Å². The Labute approximate surface area is 92.5 Å². The lowest BCUT2D eigenvalue weighted by atomic mass is 10.1. The van der Waals surface area contributed by atoms with Crippen LogP contribution in [0.2, 0.25) is 0 Å². The summed E-state index contributed by atoms with van der Waals surface area (Å²) in [4.78, 5) is 6.71. The second-order valence-electron chi connectivity index (χ2n) is 4.46. The fourth-order valence-corrected chi connectivity index (χ4v) is 2.78. The summed E-state index contributed by atoms with van der Waals surface area (Å²) in [5.74, 6) is 1.84. The second-order valence-corrected chi connectivity index (χ2v) is 5.19. The maximum atomic E-state index is 12.5. The molecule has 2 heterocycles. The predicted molar refractivity (Wildman–Crippen MR) is 58.2 cm³/mol. The Hall–Kier alpha value is -0.710. The first kappa shape index (κ1) is 9.51. The third kappa shape index (κ3) is 1.85. The van der Waals surface area contributed by atoms with Gasteiger partial charge in [-0.3, -0.25) is 4.39 Å². The average molecular weight is 227 g/mol. The lowest BCUT2D eigenvalue weighted by Gasteiger charge is -2.12. The van der Waals surface area contributed by atoms with E-state index in [1.54, 1.807) is 0 Å². The SMILES string of the molecule is FCC1CCN(c2nc(C3CC3)ns2)C1. The molecule has 15 heavy (non-hydrogen) atoms. The maximum Gasteiger partial charge on any atom is 0.205 e. The molecule has 2 fully saturated rings. The highest BCUT2D eigenvalue weighted by molar-refractivity contribution is 7.09. The number of aromatic nitrogens is 2. The lowest BCUT2D eigenvalue weighted by Crippen LogP contribution is -2.19. The zero-order chi connectivity index (χ0) is 10.3. The third-order valence-electron chi connectivity index (χ3n) is 3.15. The van der Waals surface area contributed by atoms with Gasteiger partial charge in [0.15, 0.2) is 0 Å². The summed E-state index contributed by atoms with van der Waals surface area (Å²) in [6, 6.07) is 0. The first-order chi connectivity index (χ1) is 7.36. The van der Waals surface area contributed by atoms with Gasteiger partial charge in [0.2, 0.25) is 5.13 Å². The number of nitrogens with zero attached hydrogens (tertiary/aromatic N) is 3. The van der Waals surface area contributed by atoms with Crippen molar-refractivity contribution >= 4 is 16.7 Å². The summed E-state index contributed by atoms with van der Waals surface area (Å²) < 4.78 is 16.8. The molecule has 0 bridgehead atoms. The summed E-state index contributed by atoms with van der Waals surface area (Å²) in [6.45, 7) is 1.55. The Morgan fingerprint density at radius 1 is 1.40 bits per heavy atom. The van der Waals surface area contributed by atoms with Gasteiger partial charge in [-0.05, 0) is 19.3 Å². The molecule has 1 aliphatic heterocycles. The third-order valence-corrected chi connectivity index (χ3v) is 3.94. The first-order valence-corrected chi connectivity index (χ1v) is 6.28. The summed E-state index contributed by atoms with van der Waals surface area (Å²) >= 11 is 1.47. The van der Waals surface area contributed by atoms with Crippen LogP contribution in [0.4, 0.5) is 9.52 Å². The molecule has 1 aliphatic carbocycles. The van der Waals surface area contributed by atoms with Gasteiger partial charge >= 0.3 is 0 Å². The Morgan fingerprint density at radius 3 is 2.93 bits per heavy atom. The Bertz CT molecular complexity index is 350. The van der Waals surface area contributed by atoms with Crippen LogP contribution in [0.1, 0.15) is 31.0 Å². The lowest BCUT2D eigenvalue weighted by molar-refractivity contribution is 0.385. The van der Waals surface area contributed by atoms with E-state index in [1.165, 1.54) is 24.4 Å². The predicted octanol–water partition coefficient (Wildman–Crippen LogP) is 2.21. The second kappa shape index (κ2) is 3.70. The molecule has 2 aliphatic rings. The number of alkyl halides is 1. The highest BCUT2D eigenvalue weighted by Gasteiger charge is 2.30. The molecule has 82 valence electrons. The van der Waals surface area contributed by atoms with Gasteiger partial charge < -0.3 is 4.90 Å². The van der Waals surface area contributed by atoms with E-state index in [2.05, 4.69) is 14.3 Å². The van der Waals surface area contributed by atoms with Crippen molar-refractivity contribution in [2.24, 2.45) is 5.92 Å². The van der Waals surface area contributed by atoms with Gasteiger partial charge in [0.25, 0.3) is 0 Å². The zero-order valence-electron chi connectivity index (χ0n) is 8.53. The summed E-state index contributed by atoms with van der Waals surface area (Å²) in [5, 5.41) is 0.993. The maximum absolute atomic E-state index is 12.5. The molecule has 3 rings (SSSR count). The van der Waals surface area contributed by atoms with Crippen molar-refractivity contribution in [3.63, 3.8) is 0 Å². The minimum atomic E-state index is -0.204. The normalized spacial score (nSPS) is 26.2. The summed E-state index contributed by atoms with van der Waals surface area (Å²) in [7, 11) is 0. The summed E-state index contributed by atoms with van der Waals surface area (Å²) in [5.41, 5.74) is 0. The van der Waals surface area contributed by atoms with Crippen LogP contribution in [0.3, 0.4) is 0 Å². The van der Waals surface area contributed by atoms with Gasteiger partial charge in [-0.15, -0.1) is 0 Å². The minimum absolute atomic E-state index is 0.204. The van der Waals surface area contributed by atoms with Crippen molar-refractivity contribution in [2.45, 2.75) is 25.2 Å². The van der Waals surface area contributed by atoms with Gasteiger partial charge in [-0.2, -0.15) is 4.37 Å². The average Bonchev–Trinajstić information content (AvgIpc) is 2.84. The van der Waals surface area contributed by atoms with Crippen LogP contribution in [0.15, 0.2) is 0 Å². The molecule has 5 heteroatoms. The van der Waals surface area contributed by atoms with Crippen molar-refractivity contribution in [1.82, 2.24) is 9.36 Å². The van der Waals surface area contributed by atoms with Crippen LogP contribution in [0.5, 0.6) is 0 Å². The molecule has 0 spiro atoms. The molecule has 1 saturated carbocycles. The van der Waals surface area contributed by atoms with E-state index in [0.29, 0.717) is 5.92 Å². The zero-order valence-corrected chi connectivity index (χ0v) is 9.34. The highest BCUT2D eigenvalue weighted by Crippen LogP contribution is 2.40. The van der Waals surface area contributed by atoms with Gasteiger partial charge in [-0.25, -0.2) is 4.98 Å². The van der Waals surface area contributed by atoms with Gasteiger partial charge in [0.1, 0.15) is 5.82 Å².